The molecule has 0 spiro atoms. The van der Waals surface area contributed by atoms with Crippen LogP contribution in [0.1, 0.15) is 30.0 Å². The second-order valence-corrected chi connectivity index (χ2v) is 9.82. The van der Waals surface area contributed by atoms with Crippen LogP contribution in [-0.2, 0) is 19.6 Å². The maximum Gasteiger partial charge on any atom is 0.265 e. The maximum absolute atomic E-state index is 13.2. The molecule has 0 radical (unpaired) electrons. The Morgan fingerprint density at radius 3 is 2.39 bits per heavy atom. The Morgan fingerprint density at radius 2 is 1.77 bits per heavy atom. The average molecular weight is 446 g/mol. The molecule has 2 aromatic rings. The molecule has 0 unspecified atom stereocenters. The summed E-state index contributed by atoms with van der Waals surface area (Å²) < 4.78 is 33.0. The molecule has 1 heterocycles. The number of hydrogen-bond acceptors (Lipinski definition) is 5. The van der Waals surface area contributed by atoms with Gasteiger partial charge in [0.2, 0.25) is 15.9 Å². The molecule has 0 aliphatic carbocycles. The molecular weight excluding hydrogens is 418 g/mol. The number of benzene rings is 2. The molecule has 1 aliphatic heterocycles. The normalized spacial score (nSPS) is 15.8. The van der Waals surface area contributed by atoms with Crippen molar-refractivity contribution in [3.05, 3.63) is 47.0 Å². The molecule has 2 aromatic carbocycles. The highest BCUT2D eigenvalue weighted by molar-refractivity contribution is 7.89. The van der Waals surface area contributed by atoms with Gasteiger partial charge in [-0.25, -0.2) is 8.42 Å². The number of sulfonamides is 1. The van der Waals surface area contributed by atoms with E-state index in [1.54, 1.807) is 13.0 Å². The third-order valence-corrected chi connectivity index (χ3v) is 6.97. The van der Waals surface area contributed by atoms with Crippen LogP contribution in [-0.4, -0.2) is 44.2 Å². The van der Waals surface area contributed by atoms with Crippen LogP contribution >= 0.6 is 0 Å². The van der Waals surface area contributed by atoms with Gasteiger partial charge in [0.25, 0.3) is 5.91 Å². The Labute approximate surface area is 182 Å². The molecule has 0 bridgehead atoms. The number of carbonyl (C=O) groups is 2. The Balaban J connectivity index is 1.80. The van der Waals surface area contributed by atoms with Crippen molar-refractivity contribution in [2.24, 2.45) is 0 Å². The number of hydrogen-bond donors (Lipinski definition) is 2. The first kappa shape index (κ1) is 22.8. The molecule has 31 heavy (non-hydrogen) atoms. The zero-order valence-corrected chi connectivity index (χ0v) is 19.1. The molecule has 3 rings (SSSR count). The van der Waals surface area contributed by atoms with E-state index in [1.165, 1.54) is 13.1 Å². The van der Waals surface area contributed by atoms with E-state index in [0.717, 1.165) is 15.4 Å². The van der Waals surface area contributed by atoms with Crippen molar-refractivity contribution >= 4 is 33.2 Å². The van der Waals surface area contributed by atoms with Crippen molar-refractivity contribution in [2.45, 2.75) is 45.1 Å². The number of anilines is 2. The minimum Gasteiger partial charge on any atom is -0.478 e. The van der Waals surface area contributed by atoms with Crippen molar-refractivity contribution in [2.75, 3.05) is 24.2 Å². The van der Waals surface area contributed by atoms with Crippen LogP contribution in [0.25, 0.3) is 0 Å². The molecule has 166 valence electrons. The number of nitrogens with one attached hydrogen (secondary N) is 2. The zero-order valence-electron chi connectivity index (χ0n) is 18.3. The highest BCUT2D eigenvalue weighted by Gasteiger charge is 2.31. The number of amides is 2. The van der Waals surface area contributed by atoms with E-state index >= 15 is 0 Å². The molecule has 1 aliphatic rings. The van der Waals surface area contributed by atoms with Gasteiger partial charge in [0, 0.05) is 18.8 Å². The number of fused-ring (bicyclic) bond motifs is 1. The second-order valence-electron chi connectivity index (χ2n) is 7.80. The van der Waals surface area contributed by atoms with Gasteiger partial charge in [-0.1, -0.05) is 13.0 Å². The van der Waals surface area contributed by atoms with Gasteiger partial charge in [-0.05, 0) is 62.1 Å². The van der Waals surface area contributed by atoms with E-state index in [9.17, 15) is 18.0 Å². The fraction of sp³-hybridized carbons (Fsp3) is 0.364. The lowest BCUT2D eigenvalue weighted by molar-refractivity contribution is -0.123. The monoisotopic (exact) mass is 445 g/mol. The average Bonchev–Trinajstić information content (AvgIpc) is 2.65. The standard InChI is InChI=1S/C22H27N3O5S/c1-6-18-22(27)24-17-10-15(4)20(11-19(17)30-18)31(28,29)25(5)12-21(26)23-16-8-13(2)7-14(3)9-16/h7-11,18H,6,12H2,1-5H3,(H,23,26)(H,24,27)/t18-/m1/s1. The van der Waals surface area contributed by atoms with Crippen LogP contribution in [0.3, 0.4) is 0 Å². The smallest absolute Gasteiger partial charge is 0.265 e. The summed E-state index contributed by atoms with van der Waals surface area (Å²) in [6.45, 7) is 6.94. The topological polar surface area (TPSA) is 105 Å². The van der Waals surface area contributed by atoms with E-state index in [2.05, 4.69) is 10.6 Å². The van der Waals surface area contributed by atoms with Crippen LogP contribution in [0.2, 0.25) is 0 Å². The molecule has 0 saturated heterocycles. The molecule has 0 aromatic heterocycles. The zero-order chi connectivity index (χ0) is 22.9. The number of aryl methyl sites for hydroxylation is 3. The predicted octanol–water partition coefficient (Wildman–Crippen LogP) is 2.98. The van der Waals surface area contributed by atoms with Crippen molar-refractivity contribution in [3.8, 4) is 5.75 Å². The van der Waals surface area contributed by atoms with Crippen molar-refractivity contribution in [3.63, 3.8) is 0 Å². The number of nitrogens with zero attached hydrogens (tertiary/aromatic N) is 1. The van der Waals surface area contributed by atoms with Crippen LogP contribution in [0.15, 0.2) is 35.2 Å². The van der Waals surface area contributed by atoms with Crippen LogP contribution in [0.5, 0.6) is 5.75 Å². The fourth-order valence-electron chi connectivity index (χ4n) is 3.53. The highest BCUT2D eigenvalue weighted by atomic mass is 32.2. The summed E-state index contributed by atoms with van der Waals surface area (Å²) in [7, 11) is -2.61. The largest absolute Gasteiger partial charge is 0.478 e. The van der Waals surface area contributed by atoms with Crippen LogP contribution in [0.4, 0.5) is 11.4 Å². The summed E-state index contributed by atoms with van der Waals surface area (Å²) in [6.07, 6.45) is -0.216. The summed E-state index contributed by atoms with van der Waals surface area (Å²) in [5, 5.41) is 5.49. The van der Waals surface area contributed by atoms with Gasteiger partial charge in [0.05, 0.1) is 17.1 Å². The molecule has 2 amide bonds. The van der Waals surface area contributed by atoms with Gasteiger partial charge in [-0.15, -0.1) is 0 Å². The number of carbonyl (C=O) groups excluding carboxylic acids is 2. The van der Waals surface area contributed by atoms with Gasteiger partial charge < -0.3 is 15.4 Å². The molecule has 9 heteroatoms. The lowest BCUT2D eigenvalue weighted by Gasteiger charge is -2.27. The third kappa shape index (κ3) is 4.88. The molecular formula is C22H27N3O5S. The summed E-state index contributed by atoms with van der Waals surface area (Å²) in [5.41, 5.74) is 3.49. The molecule has 1 atom stereocenters. The first-order valence-electron chi connectivity index (χ1n) is 9.98. The Morgan fingerprint density at radius 1 is 1.13 bits per heavy atom. The molecule has 0 fully saturated rings. The Hall–Kier alpha value is -2.91. The Bertz CT molecular complexity index is 1120. The van der Waals surface area contributed by atoms with E-state index in [4.69, 9.17) is 4.74 Å². The van der Waals surface area contributed by atoms with E-state index in [-0.39, 0.29) is 17.3 Å². The van der Waals surface area contributed by atoms with Gasteiger partial charge in [-0.2, -0.15) is 4.31 Å². The summed E-state index contributed by atoms with van der Waals surface area (Å²) in [6, 6.07) is 8.60. The van der Waals surface area contributed by atoms with Crippen molar-refractivity contribution in [1.82, 2.24) is 4.31 Å². The lowest BCUT2D eigenvalue weighted by Crippen LogP contribution is -2.37. The quantitative estimate of drug-likeness (QED) is 0.711. The Kier molecular flexibility index (Phi) is 6.38. The third-order valence-electron chi connectivity index (χ3n) is 5.03. The van der Waals surface area contributed by atoms with Crippen LogP contribution in [0, 0.1) is 20.8 Å². The van der Waals surface area contributed by atoms with Crippen molar-refractivity contribution in [1.29, 1.82) is 0 Å². The fourth-order valence-corrected chi connectivity index (χ4v) is 4.88. The minimum absolute atomic E-state index is 0.0268. The number of likely N-dealkylation sites (N-methyl/N-ethyl adjacent to an activating group) is 1. The second kappa shape index (κ2) is 8.68. The minimum atomic E-state index is -3.96. The molecule has 2 N–H and O–H groups in total. The SMILES string of the molecule is CC[C@H]1Oc2cc(S(=O)(=O)N(C)CC(=O)Nc3cc(C)cc(C)c3)c(C)cc2NC1=O. The van der Waals surface area contributed by atoms with Gasteiger partial charge in [0.1, 0.15) is 5.75 Å². The molecule has 0 saturated carbocycles. The summed E-state index contributed by atoms with van der Waals surface area (Å²) in [5.74, 6) is -0.407. The number of rotatable bonds is 6. The number of ether oxygens (including phenoxy) is 1. The van der Waals surface area contributed by atoms with E-state index < -0.39 is 22.0 Å². The summed E-state index contributed by atoms with van der Waals surface area (Å²) >= 11 is 0. The highest BCUT2D eigenvalue weighted by Crippen LogP contribution is 2.35. The van der Waals surface area contributed by atoms with Crippen molar-refractivity contribution < 1.29 is 22.7 Å². The van der Waals surface area contributed by atoms with Gasteiger partial charge in [0.15, 0.2) is 6.10 Å². The predicted molar refractivity (Wildman–Crippen MR) is 119 cm³/mol. The lowest BCUT2D eigenvalue weighted by atomic mass is 10.1. The first-order chi connectivity index (χ1) is 14.5. The van der Waals surface area contributed by atoms with Gasteiger partial charge >= 0.3 is 0 Å². The van der Waals surface area contributed by atoms with Crippen LogP contribution < -0.4 is 15.4 Å². The van der Waals surface area contributed by atoms with Gasteiger partial charge in [-0.3, -0.25) is 9.59 Å². The van der Waals surface area contributed by atoms with E-state index in [0.29, 0.717) is 29.1 Å². The first-order valence-corrected chi connectivity index (χ1v) is 11.4. The summed E-state index contributed by atoms with van der Waals surface area (Å²) in [4.78, 5) is 24.5. The molecule has 8 nitrogen and oxygen atoms in total. The van der Waals surface area contributed by atoms with E-state index in [1.807, 2.05) is 39.0 Å². The maximum atomic E-state index is 13.2.